The van der Waals surface area contributed by atoms with Crippen molar-refractivity contribution < 1.29 is 18.7 Å². The van der Waals surface area contributed by atoms with E-state index in [1.54, 1.807) is 37.6 Å². The van der Waals surface area contributed by atoms with Crippen LogP contribution in [-0.4, -0.2) is 42.8 Å². The molecule has 162 valence electrons. The molecule has 3 rings (SSSR count). The molecule has 1 aromatic heterocycles. The smallest absolute Gasteiger partial charge is 0.258 e. The molecule has 0 aliphatic carbocycles. The van der Waals surface area contributed by atoms with E-state index in [-0.39, 0.29) is 23.4 Å². The molecule has 0 bridgehead atoms. The number of carbonyl (C=O) groups excluding carboxylic acids is 2. The number of amides is 2. The van der Waals surface area contributed by atoms with E-state index in [1.165, 1.54) is 35.2 Å². The van der Waals surface area contributed by atoms with Gasteiger partial charge in [0.15, 0.2) is 5.13 Å². The Labute approximate surface area is 188 Å². The molecule has 0 saturated carbocycles. The van der Waals surface area contributed by atoms with Gasteiger partial charge < -0.3 is 10.1 Å². The van der Waals surface area contributed by atoms with Gasteiger partial charge in [-0.3, -0.25) is 14.9 Å². The van der Waals surface area contributed by atoms with Gasteiger partial charge in [0.2, 0.25) is 5.91 Å². The third kappa shape index (κ3) is 7.16. The Balaban J connectivity index is 1.59. The number of hydrogen-bond acceptors (Lipinski definition) is 6. The van der Waals surface area contributed by atoms with Gasteiger partial charge in [-0.2, -0.15) is 0 Å². The third-order valence-electron chi connectivity index (χ3n) is 4.18. The Bertz CT molecular complexity index is 1020. The van der Waals surface area contributed by atoms with Crippen LogP contribution in [0, 0.1) is 5.82 Å². The first-order valence-corrected chi connectivity index (χ1v) is 11.3. The molecule has 1 heterocycles. The first-order valence-electron chi connectivity index (χ1n) is 9.53. The number of rotatable bonds is 10. The van der Waals surface area contributed by atoms with Gasteiger partial charge in [-0.25, -0.2) is 9.37 Å². The highest BCUT2D eigenvalue weighted by Gasteiger charge is 2.15. The summed E-state index contributed by atoms with van der Waals surface area (Å²) in [5.74, 6) is -0.481. The normalized spacial score (nSPS) is 10.6. The predicted octanol–water partition coefficient (Wildman–Crippen LogP) is 3.98. The van der Waals surface area contributed by atoms with E-state index in [4.69, 9.17) is 4.74 Å². The summed E-state index contributed by atoms with van der Waals surface area (Å²) in [6.07, 6.45) is 2.31. The lowest BCUT2D eigenvalue weighted by molar-refractivity contribution is -0.118. The number of thiazole rings is 1. The Hall–Kier alpha value is -2.75. The molecule has 2 N–H and O–H groups in total. The third-order valence-corrected chi connectivity index (χ3v) is 6.17. The van der Waals surface area contributed by atoms with E-state index in [0.29, 0.717) is 35.2 Å². The summed E-state index contributed by atoms with van der Waals surface area (Å²) in [4.78, 5) is 30.6. The molecule has 0 spiro atoms. The van der Waals surface area contributed by atoms with Crippen LogP contribution in [0.25, 0.3) is 0 Å². The summed E-state index contributed by atoms with van der Waals surface area (Å²) >= 11 is 2.67. The first-order chi connectivity index (χ1) is 15.0. The number of carbonyl (C=O) groups is 2. The van der Waals surface area contributed by atoms with Crippen LogP contribution in [0.2, 0.25) is 0 Å². The number of nitrogens with zero attached hydrogens (tertiary/aromatic N) is 1. The second kappa shape index (κ2) is 11.6. The molecule has 0 unspecified atom stereocenters. The molecule has 2 aromatic carbocycles. The summed E-state index contributed by atoms with van der Waals surface area (Å²) in [7, 11) is 1.57. The number of ether oxygens (including phenoxy) is 1. The summed E-state index contributed by atoms with van der Waals surface area (Å²) in [6, 6.07) is 13.4. The van der Waals surface area contributed by atoms with E-state index in [1.807, 2.05) is 12.1 Å². The SMILES string of the molecule is COCCNC(=O)CSc1ccccc1C(=O)Nc1ncc(Cc2ccc(F)cc2)s1. The topological polar surface area (TPSA) is 80.3 Å². The second-order valence-corrected chi connectivity index (χ2v) is 8.65. The zero-order chi connectivity index (χ0) is 22.1. The van der Waals surface area contributed by atoms with Crippen molar-refractivity contribution in [3.05, 3.63) is 76.5 Å². The molecule has 2 amide bonds. The molecular weight excluding hydrogens is 437 g/mol. The fourth-order valence-corrected chi connectivity index (χ4v) is 4.40. The minimum Gasteiger partial charge on any atom is -0.383 e. The lowest BCUT2D eigenvalue weighted by atomic mass is 10.1. The van der Waals surface area contributed by atoms with Gasteiger partial charge in [0.25, 0.3) is 5.91 Å². The van der Waals surface area contributed by atoms with Crippen molar-refractivity contribution in [2.45, 2.75) is 11.3 Å². The number of aromatic nitrogens is 1. The monoisotopic (exact) mass is 459 g/mol. The molecule has 6 nitrogen and oxygen atoms in total. The number of benzene rings is 2. The Kier molecular flexibility index (Phi) is 8.57. The standard InChI is InChI=1S/C22H22FN3O3S2/c1-29-11-10-24-20(27)14-30-19-5-3-2-4-18(19)21(28)26-22-25-13-17(31-22)12-15-6-8-16(23)9-7-15/h2-9,13H,10-12,14H2,1H3,(H,24,27)(H,25,26,28). The lowest BCUT2D eigenvalue weighted by Crippen LogP contribution is -2.28. The number of anilines is 1. The molecule has 0 aliphatic rings. The maximum Gasteiger partial charge on any atom is 0.258 e. The number of methoxy groups -OCH3 is 1. The number of halogens is 1. The molecule has 31 heavy (non-hydrogen) atoms. The fourth-order valence-electron chi connectivity index (χ4n) is 2.68. The average Bonchev–Trinajstić information content (AvgIpc) is 3.21. The quantitative estimate of drug-likeness (QED) is 0.354. The minimum absolute atomic E-state index is 0.123. The van der Waals surface area contributed by atoms with Crippen molar-refractivity contribution in [3.8, 4) is 0 Å². The van der Waals surface area contributed by atoms with Crippen molar-refractivity contribution in [2.24, 2.45) is 0 Å². The van der Waals surface area contributed by atoms with E-state index in [0.717, 1.165) is 10.4 Å². The zero-order valence-electron chi connectivity index (χ0n) is 16.9. The van der Waals surface area contributed by atoms with Crippen molar-refractivity contribution >= 4 is 40.0 Å². The van der Waals surface area contributed by atoms with E-state index < -0.39 is 0 Å². The predicted molar refractivity (Wildman–Crippen MR) is 121 cm³/mol. The molecular formula is C22H22FN3O3S2. The molecule has 0 radical (unpaired) electrons. The molecule has 9 heteroatoms. The Morgan fingerprint density at radius 3 is 2.71 bits per heavy atom. The number of hydrogen-bond donors (Lipinski definition) is 2. The van der Waals surface area contributed by atoms with Crippen molar-refractivity contribution in [2.75, 3.05) is 31.3 Å². The highest BCUT2D eigenvalue weighted by Crippen LogP contribution is 2.25. The van der Waals surface area contributed by atoms with Crippen LogP contribution in [0.3, 0.4) is 0 Å². The Morgan fingerprint density at radius 1 is 1.16 bits per heavy atom. The van der Waals surface area contributed by atoms with Crippen molar-refractivity contribution in [3.63, 3.8) is 0 Å². The summed E-state index contributed by atoms with van der Waals surface area (Å²) < 4.78 is 18.0. The van der Waals surface area contributed by atoms with Crippen LogP contribution in [0.5, 0.6) is 0 Å². The average molecular weight is 460 g/mol. The van der Waals surface area contributed by atoms with Crippen LogP contribution in [-0.2, 0) is 16.0 Å². The van der Waals surface area contributed by atoms with Gasteiger partial charge in [-0.05, 0) is 29.8 Å². The molecule has 0 saturated heterocycles. The van der Waals surface area contributed by atoms with Gasteiger partial charge in [0.1, 0.15) is 5.82 Å². The van der Waals surface area contributed by atoms with Gasteiger partial charge >= 0.3 is 0 Å². The van der Waals surface area contributed by atoms with E-state index in [9.17, 15) is 14.0 Å². The highest BCUT2D eigenvalue weighted by molar-refractivity contribution is 8.00. The second-order valence-electron chi connectivity index (χ2n) is 6.52. The summed E-state index contributed by atoms with van der Waals surface area (Å²) in [6.45, 7) is 0.898. The van der Waals surface area contributed by atoms with Crippen LogP contribution in [0.1, 0.15) is 20.8 Å². The Morgan fingerprint density at radius 2 is 1.94 bits per heavy atom. The molecule has 3 aromatic rings. The van der Waals surface area contributed by atoms with Crippen LogP contribution < -0.4 is 10.6 Å². The number of thioether (sulfide) groups is 1. The number of nitrogens with one attached hydrogen (secondary N) is 2. The maximum absolute atomic E-state index is 13.0. The van der Waals surface area contributed by atoms with E-state index in [2.05, 4.69) is 15.6 Å². The summed E-state index contributed by atoms with van der Waals surface area (Å²) in [5, 5.41) is 6.06. The lowest BCUT2D eigenvalue weighted by Gasteiger charge is -2.09. The summed E-state index contributed by atoms with van der Waals surface area (Å²) in [5.41, 5.74) is 1.45. The van der Waals surface area contributed by atoms with Gasteiger partial charge in [-0.1, -0.05) is 24.3 Å². The van der Waals surface area contributed by atoms with Gasteiger partial charge in [-0.15, -0.1) is 23.1 Å². The fraction of sp³-hybridized carbons (Fsp3) is 0.227. The van der Waals surface area contributed by atoms with Crippen molar-refractivity contribution in [1.82, 2.24) is 10.3 Å². The van der Waals surface area contributed by atoms with Crippen LogP contribution >= 0.6 is 23.1 Å². The largest absolute Gasteiger partial charge is 0.383 e. The highest BCUT2D eigenvalue weighted by atomic mass is 32.2. The maximum atomic E-state index is 13.0. The molecule has 0 fully saturated rings. The van der Waals surface area contributed by atoms with Gasteiger partial charge in [0, 0.05) is 36.0 Å². The zero-order valence-corrected chi connectivity index (χ0v) is 18.5. The molecule has 0 aliphatic heterocycles. The van der Waals surface area contributed by atoms with Crippen LogP contribution in [0.4, 0.5) is 9.52 Å². The minimum atomic E-state index is -0.287. The van der Waals surface area contributed by atoms with Crippen LogP contribution in [0.15, 0.2) is 59.6 Å². The first kappa shape index (κ1) is 22.9. The van der Waals surface area contributed by atoms with Gasteiger partial charge in [0.05, 0.1) is 17.9 Å². The van der Waals surface area contributed by atoms with E-state index >= 15 is 0 Å². The van der Waals surface area contributed by atoms with Crippen molar-refractivity contribution in [1.29, 1.82) is 0 Å². The molecule has 0 atom stereocenters.